The van der Waals surface area contributed by atoms with Gasteiger partial charge in [-0.2, -0.15) is 0 Å². The van der Waals surface area contributed by atoms with Gasteiger partial charge in [0.2, 0.25) is 0 Å². The maximum absolute atomic E-state index is 5.63. The molecule has 17 heavy (non-hydrogen) atoms. The minimum absolute atomic E-state index is 0.680. The van der Waals surface area contributed by atoms with Crippen LogP contribution in [0.5, 0.6) is 5.19 Å². The van der Waals surface area contributed by atoms with Gasteiger partial charge in [0.15, 0.2) is 0 Å². The van der Waals surface area contributed by atoms with Crippen molar-refractivity contribution in [1.82, 2.24) is 20.4 Å². The summed E-state index contributed by atoms with van der Waals surface area (Å²) in [5.41, 5.74) is 0. The SMILES string of the molecule is CNCc1nnc(OCCC2CCCN2C)s1. The predicted molar refractivity (Wildman–Crippen MR) is 68.4 cm³/mol. The van der Waals surface area contributed by atoms with Crippen LogP contribution in [-0.4, -0.2) is 48.4 Å². The molecule has 1 aromatic heterocycles. The highest BCUT2D eigenvalue weighted by atomic mass is 32.1. The van der Waals surface area contributed by atoms with E-state index < -0.39 is 0 Å². The van der Waals surface area contributed by atoms with Gasteiger partial charge in [0, 0.05) is 12.6 Å². The molecule has 1 aliphatic rings. The summed E-state index contributed by atoms with van der Waals surface area (Å²) in [6.07, 6.45) is 3.69. The van der Waals surface area contributed by atoms with Crippen LogP contribution in [0.1, 0.15) is 24.3 Å². The van der Waals surface area contributed by atoms with Crippen molar-refractivity contribution < 1.29 is 4.74 Å². The Kier molecular flexibility index (Phi) is 4.70. The molecule has 0 amide bonds. The normalized spacial score (nSPS) is 20.9. The standard InChI is InChI=1S/C11H20N4OS/c1-12-8-10-13-14-11(17-10)16-7-5-9-4-3-6-15(9)2/h9,12H,3-8H2,1-2H3. The Hall–Kier alpha value is -0.720. The molecule has 1 N–H and O–H groups in total. The molecule has 0 aromatic carbocycles. The lowest BCUT2D eigenvalue weighted by molar-refractivity contribution is 0.232. The van der Waals surface area contributed by atoms with E-state index in [2.05, 4.69) is 27.5 Å². The molecular weight excluding hydrogens is 236 g/mol. The first-order valence-electron chi connectivity index (χ1n) is 6.09. The monoisotopic (exact) mass is 256 g/mol. The Morgan fingerprint density at radius 1 is 1.53 bits per heavy atom. The highest BCUT2D eigenvalue weighted by molar-refractivity contribution is 7.13. The van der Waals surface area contributed by atoms with Crippen LogP contribution in [0.25, 0.3) is 0 Å². The van der Waals surface area contributed by atoms with E-state index in [9.17, 15) is 0 Å². The molecule has 1 fully saturated rings. The second-order valence-corrected chi connectivity index (χ2v) is 5.43. The van der Waals surface area contributed by atoms with Crippen molar-refractivity contribution in [3.63, 3.8) is 0 Å². The van der Waals surface area contributed by atoms with Crippen molar-refractivity contribution in [3.05, 3.63) is 5.01 Å². The van der Waals surface area contributed by atoms with Crippen LogP contribution in [0.3, 0.4) is 0 Å². The van der Waals surface area contributed by atoms with E-state index in [0.29, 0.717) is 11.2 Å². The summed E-state index contributed by atoms with van der Waals surface area (Å²) in [6.45, 7) is 2.71. The van der Waals surface area contributed by atoms with Crippen molar-refractivity contribution in [2.75, 3.05) is 27.2 Å². The molecule has 96 valence electrons. The second kappa shape index (κ2) is 6.28. The van der Waals surface area contributed by atoms with Crippen molar-refractivity contribution in [2.24, 2.45) is 0 Å². The number of nitrogens with one attached hydrogen (secondary N) is 1. The Morgan fingerprint density at radius 2 is 2.41 bits per heavy atom. The summed E-state index contributed by atoms with van der Waals surface area (Å²) < 4.78 is 5.63. The summed E-state index contributed by atoms with van der Waals surface area (Å²) in [7, 11) is 4.09. The maximum atomic E-state index is 5.63. The van der Waals surface area contributed by atoms with E-state index in [0.717, 1.165) is 24.6 Å². The highest BCUT2D eigenvalue weighted by Gasteiger charge is 2.20. The number of hydrogen-bond acceptors (Lipinski definition) is 6. The second-order valence-electron chi connectivity index (χ2n) is 4.41. The van der Waals surface area contributed by atoms with Gasteiger partial charge in [-0.05, 0) is 39.9 Å². The molecule has 1 aliphatic heterocycles. The molecular formula is C11H20N4OS. The van der Waals surface area contributed by atoms with Gasteiger partial charge in [0.1, 0.15) is 5.01 Å². The van der Waals surface area contributed by atoms with E-state index in [1.54, 1.807) is 0 Å². The number of nitrogens with zero attached hydrogens (tertiary/aromatic N) is 3. The van der Waals surface area contributed by atoms with Crippen LogP contribution in [0, 0.1) is 0 Å². The van der Waals surface area contributed by atoms with Gasteiger partial charge in [-0.3, -0.25) is 0 Å². The third-order valence-corrected chi connectivity index (χ3v) is 3.96. The van der Waals surface area contributed by atoms with Crippen molar-refractivity contribution in [1.29, 1.82) is 0 Å². The van der Waals surface area contributed by atoms with Crippen LogP contribution in [0.2, 0.25) is 0 Å². The fourth-order valence-electron chi connectivity index (χ4n) is 2.15. The van der Waals surface area contributed by atoms with Crippen LogP contribution >= 0.6 is 11.3 Å². The molecule has 2 heterocycles. The molecule has 1 atom stereocenters. The van der Waals surface area contributed by atoms with Gasteiger partial charge in [-0.1, -0.05) is 11.3 Å². The van der Waals surface area contributed by atoms with Crippen LogP contribution in [0.4, 0.5) is 0 Å². The zero-order chi connectivity index (χ0) is 12.1. The topological polar surface area (TPSA) is 50.3 Å². The van der Waals surface area contributed by atoms with E-state index in [1.807, 2.05) is 7.05 Å². The van der Waals surface area contributed by atoms with Gasteiger partial charge in [-0.15, -0.1) is 10.2 Å². The Labute approximate surface area is 106 Å². The lowest BCUT2D eigenvalue weighted by Crippen LogP contribution is -2.26. The number of likely N-dealkylation sites (tertiary alicyclic amines) is 1. The van der Waals surface area contributed by atoms with E-state index in [-0.39, 0.29) is 0 Å². The molecule has 5 nitrogen and oxygen atoms in total. The summed E-state index contributed by atoms with van der Waals surface area (Å²) >= 11 is 1.52. The first-order valence-corrected chi connectivity index (χ1v) is 6.91. The number of aromatic nitrogens is 2. The van der Waals surface area contributed by atoms with Crippen molar-refractivity contribution >= 4 is 11.3 Å². The van der Waals surface area contributed by atoms with Gasteiger partial charge >= 0.3 is 0 Å². The quantitative estimate of drug-likeness (QED) is 0.826. The van der Waals surface area contributed by atoms with Crippen molar-refractivity contribution in [2.45, 2.75) is 31.8 Å². The summed E-state index contributed by atoms with van der Waals surface area (Å²) in [5.74, 6) is 0. The molecule has 0 bridgehead atoms. The van der Waals surface area contributed by atoms with Gasteiger partial charge in [-0.25, -0.2) is 0 Å². The zero-order valence-corrected chi connectivity index (χ0v) is 11.3. The first kappa shape index (κ1) is 12.7. The van der Waals surface area contributed by atoms with Gasteiger partial charge < -0.3 is 15.0 Å². The Balaban J connectivity index is 1.70. The molecule has 0 saturated carbocycles. The average Bonchev–Trinajstić information content (AvgIpc) is 2.90. The Bertz CT molecular complexity index is 344. The fourth-order valence-corrected chi connectivity index (χ4v) is 2.87. The third-order valence-electron chi connectivity index (χ3n) is 3.12. The van der Waals surface area contributed by atoms with Gasteiger partial charge in [0.25, 0.3) is 5.19 Å². The maximum Gasteiger partial charge on any atom is 0.294 e. The fraction of sp³-hybridized carbons (Fsp3) is 0.818. The number of hydrogen-bond donors (Lipinski definition) is 1. The number of ether oxygens (including phenoxy) is 1. The predicted octanol–water partition coefficient (Wildman–Crippen LogP) is 1.12. The molecule has 0 aliphatic carbocycles. The molecule has 1 unspecified atom stereocenters. The van der Waals surface area contributed by atoms with Crippen LogP contribution < -0.4 is 10.1 Å². The minimum atomic E-state index is 0.680. The van der Waals surface area contributed by atoms with E-state index >= 15 is 0 Å². The van der Waals surface area contributed by atoms with E-state index in [1.165, 1.54) is 30.7 Å². The third kappa shape index (κ3) is 3.62. The molecule has 0 spiro atoms. The molecule has 2 rings (SSSR count). The zero-order valence-electron chi connectivity index (χ0n) is 10.5. The minimum Gasteiger partial charge on any atom is -0.469 e. The van der Waals surface area contributed by atoms with Crippen LogP contribution in [0.15, 0.2) is 0 Å². The summed E-state index contributed by atoms with van der Waals surface area (Å²) in [4.78, 5) is 2.41. The Morgan fingerprint density at radius 3 is 3.12 bits per heavy atom. The summed E-state index contributed by atoms with van der Waals surface area (Å²) in [6, 6.07) is 0.680. The smallest absolute Gasteiger partial charge is 0.294 e. The first-order chi connectivity index (χ1) is 8.29. The van der Waals surface area contributed by atoms with Gasteiger partial charge in [0.05, 0.1) is 6.61 Å². The highest BCUT2D eigenvalue weighted by Crippen LogP contribution is 2.20. The van der Waals surface area contributed by atoms with Crippen LogP contribution in [-0.2, 0) is 6.54 Å². The lowest BCUT2D eigenvalue weighted by atomic mass is 10.2. The summed E-state index contributed by atoms with van der Waals surface area (Å²) in [5, 5.41) is 12.8. The average molecular weight is 256 g/mol. The lowest BCUT2D eigenvalue weighted by Gasteiger charge is -2.18. The molecule has 0 radical (unpaired) electrons. The largest absolute Gasteiger partial charge is 0.469 e. The van der Waals surface area contributed by atoms with Crippen molar-refractivity contribution in [3.8, 4) is 5.19 Å². The number of rotatable bonds is 6. The molecule has 6 heteroatoms. The molecule has 1 saturated heterocycles. The van der Waals surface area contributed by atoms with E-state index in [4.69, 9.17) is 4.74 Å². The molecule has 1 aromatic rings.